The second-order valence-corrected chi connectivity index (χ2v) is 6.97. The van der Waals surface area contributed by atoms with E-state index in [0.717, 1.165) is 6.07 Å². The highest BCUT2D eigenvalue weighted by Crippen LogP contribution is 2.33. The topological polar surface area (TPSA) is 52.7 Å². The van der Waals surface area contributed by atoms with Gasteiger partial charge in [0.25, 0.3) is 5.91 Å². The van der Waals surface area contributed by atoms with Crippen molar-refractivity contribution in [3.63, 3.8) is 0 Å². The van der Waals surface area contributed by atoms with E-state index in [0.29, 0.717) is 43.8 Å². The summed E-state index contributed by atoms with van der Waals surface area (Å²) in [4.78, 5) is 28.4. The van der Waals surface area contributed by atoms with Crippen molar-refractivity contribution in [3.05, 3.63) is 65.5 Å². The fourth-order valence-electron chi connectivity index (χ4n) is 3.53. The summed E-state index contributed by atoms with van der Waals surface area (Å²) in [7, 11) is 0. The molecule has 1 N–H and O–H groups in total. The molecule has 2 aromatic carbocycles. The lowest BCUT2D eigenvalue weighted by Crippen LogP contribution is -2.44. The first-order chi connectivity index (χ1) is 14.2. The van der Waals surface area contributed by atoms with Crippen LogP contribution in [0.25, 0.3) is 0 Å². The SMILES string of the molecule is CCN(C(=O)Nc1ccc(F)c(C(F)(F)F)c1)C1CCN(C(=O)c2ccccc2)C1. The highest BCUT2D eigenvalue weighted by molar-refractivity contribution is 5.94. The van der Waals surface area contributed by atoms with Gasteiger partial charge in [0.1, 0.15) is 5.82 Å². The molecule has 3 rings (SSSR count). The Bertz CT molecular complexity index is 918. The highest BCUT2D eigenvalue weighted by Gasteiger charge is 2.35. The predicted octanol–water partition coefficient (Wildman–Crippen LogP) is 4.61. The normalized spacial score (nSPS) is 16.4. The number of hydrogen-bond donors (Lipinski definition) is 1. The molecular formula is C21H21F4N3O2. The minimum atomic E-state index is -4.86. The molecule has 1 saturated heterocycles. The Labute approximate surface area is 171 Å². The first-order valence-corrected chi connectivity index (χ1v) is 9.49. The summed E-state index contributed by atoms with van der Waals surface area (Å²) in [5.41, 5.74) is -1.04. The summed E-state index contributed by atoms with van der Waals surface area (Å²) in [5.74, 6) is -1.54. The van der Waals surface area contributed by atoms with Crippen molar-refractivity contribution in [2.24, 2.45) is 0 Å². The van der Waals surface area contributed by atoms with Gasteiger partial charge >= 0.3 is 12.2 Å². The Kier molecular flexibility index (Phi) is 6.28. The summed E-state index contributed by atoms with van der Waals surface area (Å²) in [5, 5.41) is 2.40. The van der Waals surface area contributed by atoms with Gasteiger partial charge in [0.05, 0.1) is 11.6 Å². The van der Waals surface area contributed by atoms with Gasteiger partial charge in [-0.2, -0.15) is 13.2 Å². The molecule has 1 aliphatic heterocycles. The molecule has 1 unspecified atom stereocenters. The van der Waals surface area contributed by atoms with Crippen molar-refractivity contribution >= 4 is 17.6 Å². The van der Waals surface area contributed by atoms with Crippen LogP contribution in [0.4, 0.5) is 28.0 Å². The quantitative estimate of drug-likeness (QED) is 0.730. The molecule has 30 heavy (non-hydrogen) atoms. The molecule has 0 radical (unpaired) electrons. The minimum Gasteiger partial charge on any atom is -0.337 e. The van der Waals surface area contributed by atoms with Gasteiger partial charge in [0, 0.05) is 30.9 Å². The number of alkyl halides is 3. The monoisotopic (exact) mass is 423 g/mol. The lowest BCUT2D eigenvalue weighted by Gasteiger charge is -2.28. The van der Waals surface area contributed by atoms with E-state index in [1.165, 1.54) is 4.90 Å². The number of halogens is 4. The third-order valence-corrected chi connectivity index (χ3v) is 5.04. The van der Waals surface area contributed by atoms with Crippen molar-refractivity contribution in [1.82, 2.24) is 9.80 Å². The molecule has 5 nitrogen and oxygen atoms in total. The molecule has 0 spiro atoms. The Morgan fingerprint density at radius 3 is 2.50 bits per heavy atom. The molecule has 1 heterocycles. The number of nitrogens with one attached hydrogen (secondary N) is 1. The number of anilines is 1. The molecule has 0 aliphatic carbocycles. The van der Waals surface area contributed by atoms with E-state index in [1.807, 2.05) is 6.07 Å². The van der Waals surface area contributed by atoms with Gasteiger partial charge in [-0.25, -0.2) is 9.18 Å². The van der Waals surface area contributed by atoms with E-state index in [4.69, 9.17) is 0 Å². The fraction of sp³-hybridized carbons (Fsp3) is 0.333. The lowest BCUT2D eigenvalue weighted by atomic mass is 10.2. The van der Waals surface area contributed by atoms with Crippen molar-refractivity contribution in [1.29, 1.82) is 0 Å². The zero-order valence-corrected chi connectivity index (χ0v) is 16.2. The smallest absolute Gasteiger partial charge is 0.337 e. The van der Waals surface area contributed by atoms with Gasteiger partial charge in [-0.1, -0.05) is 18.2 Å². The number of hydrogen-bond acceptors (Lipinski definition) is 2. The zero-order chi connectivity index (χ0) is 21.9. The number of carbonyl (C=O) groups excluding carboxylic acids is 2. The standard InChI is InChI=1S/C21H21F4N3O2/c1-2-28(16-10-11-27(13-16)19(29)14-6-4-3-5-7-14)20(30)26-15-8-9-18(22)17(12-15)21(23,24)25/h3-9,12,16H,2,10-11,13H2,1H3,(H,26,30). The number of nitrogens with zero attached hydrogens (tertiary/aromatic N) is 2. The fourth-order valence-corrected chi connectivity index (χ4v) is 3.53. The third kappa shape index (κ3) is 4.72. The molecule has 1 fully saturated rings. The first kappa shape index (κ1) is 21.6. The minimum absolute atomic E-state index is 0.136. The molecule has 0 bridgehead atoms. The average Bonchev–Trinajstić information content (AvgIpc) is 3.19. The molecule has 1 atom stereocenters. The molecular weight excluding hydrogens is 402 g/mol. The summed E-state index contributed by atoms with van der Waals surface area (Å²) in [6.45, 7) is 2.84. The molecule has 2 aromatic rings. The predicted molar refractivity (Wildman–Crippen MR) is 104 cm³/mol. The molecule has 9 heteroatoms. The van der Waals surface area contributed by atoms with E-state index in [2.05, 4.69) is 5.32 Å². The van der Waals surface area contributed by atoms with Gasteiger partial charge in [-0.05, 0) is 43.7 Å². The Balaban J connectivity index is 1.68. The van der Waals surface area contributed by atoms with E-state index < -0.39 is 23.6 Å². The van der Waals surface area contributed by atoms with Crippen LogP contribution >= 0.6 is 0 Å². The van der Waals surface area contributed by atoms with Gasteiger partial charge in [-0.15, -0.1) is 0 Å². The Hall–Kier alpha value is -3.10. The number of amides is 3. The molecule has 3 amide bonds. The number of rotatable bonds is 4. The van der Waals surface area contributed by atoms with E-state index in [9.17, 15) is 27.2 Å². The van der Waals surface area contributed by atoms with E-state index in [1.54, 1.807) is 36.1 Å². The van der Waals surface area contributed by atoms with Gasteiger partial charge in [-0.3, -0.25) is 4.79 Å². The zero-order valence-electron chi connectivity index (χ0n) is 16.2. The van der Waals surface area contributed by atoms with Gasteiger partial charge in [0.2, 0.25) is 0 Å². The van der Waals surface area contributed by atoms with Gasteiger partial charge < -0.3 is 15.1 Å². The molecule has 0 saturated carbocycles. The second-order valence-electron chi connectivity index (χ2n) is 6.97. The van der Waals surface area contributed by atoms with Crippen LogP contribution in [0.2, 0.25) is 0 Å². The van der Waals surface area contributed by atoms with Crippen molar-refractivity contribution in [2.75, 3.05) is 25.0 Å². The molecule has 1 aliphatic rings. The van der Waals surface area contributed by atoms with Gasteiger partial charge in [0.15, 0.2) is 0 Å². The largest absolute Gasteiger partial charge is 0.419 e. The van der Waals surface area contributed by atoms with Crippen LogP contribution in [-0.4, -0.2) is 47.4 Å². The number of likely N-dealkylation sites (tertiary alicyclic amines) is 1. The number of carbonyl (C=O) groups is 2. The first-order valence-electron chi connectivity index (χ1n) is 9.49. The van der Waals surface area contributed by atoms with Crippen LogP contribution < -0.4 is 5.32 Å². The van der Waals surface area contributed by atoms with E-state index >= 15 is 0 Å². The Morgan fingerprint density at radius 2 is 1.87 bits per heavy atom. The van der Waals surface area contributed by atoms with Crippen molar-refractivity contribution in [2.45, 2.75) is 25.6 Å². The van der Waals surface area contributed by atoms with Crippen LogP contribution in [0.3, 0.4) is 0 Å². The summed E-state index contributed by atoms with van der Waals surface area (Å²) in [6.07, 6.45) is -4.31. The number of likely N-dealkylation sites (N-methyl/N-ethyl adjacent to an activating group) is 1. The number of urea groups is 1. The third-order valence-electron chi connectivity index (χ3n) is 5.04. The Morgan fingerprint density at radius 1 is 1.17 bits per heavy atom. The van der Waals surface area contributed by atoms with Crippen molar-refractivity contribution in [3.8, 4) is 0 Å². The van der Waals surface area contributed by atoms with Crippen LogP contribution in [0.1, 0.15) is 29.3 Å². The van der Waals surface area contributed by atoms with E-state index in [-0.39, 0.29) is 17.6 Å². The summed E-state index contributed by atoms with van der Waals surface area (Å²) in [6, 6.07) is 10.2. The maximum atomic E-state index is 13.5. The molecule has 160 valence electrons. The lowest BCUT2D eigenvalue weighted by molar-refractivity contribution is -0.139. The van der Waals surface area contributed by atoms with Crippen molar-refractivity contribution < 1.29 is 27.2 Å². The highest BCUT2D eigenvalue weighted by atomic mass is 19.4. The summed E-state index contributed by atoms with van der Waals surface area (Å²) >= 11 is 0. The molecule has 0 aromatic heterocycles. The van der Waals surface area contributed by atoms with Crippen LogP contribution in [0, 0.1) is 5.82 Å². The summed E-state index contributed by atoms with van der Waals surface area (Å²) < 4.78 is 52.1. The van der Waals surface area contributed by atoms with Crippen LogP contribution in [0.15, 0.2) is 48.5 Å². The average molecular weight is 423 g/mol. The second kappa shape index (κ2) is 8.73. The van der Waals surface area contributed by atoms with Crippen LogP contribution in [0.5, 0.6) is 0 Å². The number of benzene rings is 2. The van der Waals surface area contributed by atoms with Crippen LogP contribution in [-0.2, 0) is 6.18 Å². The maximum Gasteiger partial charge on any atom is 0.419 e. The maximum absolute atomic E-state index is 13.5.